The van der Waals surface area contributed by atoms with Gasteiger partial charge in [-0.05, 0) is 69.3 Å². The fraction of sp³-hybridized carbons (Fsp3) is 0.448. The maximum Gasteiger partial charge on any atom is 0.319 e. The summed E-state index contributed by atoms with van der Waals surface area (Å²) in [6.07, 6.45) is 7.10. The van der Waals surface area contributed by atoms with Crippen molar-refractivity contribution in [3.63, 3.8) is 0 Å². The number of nitrogens with zero attached hydrogens (tertiary/aromatic N) is 6. The number of nitrogen functional groups attached to an aromatic ring is 1. The zero-order valence-corrected chi connectivity index (χ0v) is 23.2. The minimum absolute atomic E-state index is 0.0167. The number of aromatic nitrogens is 4. The predicted octanol–water partition coefficient (Wildman–Crippen LogP) is 4.42. The number of ether oxygens (including phenoxy) is 1. The maximum absolute atomic E-state index is 16.5. The second-order valence-corrected chi connectivity index (χ2v) is 11.6. The first-order valence-corrected chi connectivity index (χ1v) is 14.3. The number of nitrogens with one attached hydrogen (secondary N) is 1. The Morgan fingerprint density at radius 2 is 2.02 bits per heavy atom. The summed E-state index contributed by atoms with van der Waals surface area (Å²) in [5, 5.41) is 5.71. The summed E-state index contributed by atoms with van der Waals surface area (Å²) >= 11 is 6.55. The van der Waals surface area contributed by atoms with Crippen molar-refractivity contribution in [2.75, 3.05) is 50.5 Å². The molecule has 0 spiro atoms. The Balaban J connectivity index is 1.37. The summed E-state index contributed by atoms with van der Waals surface area (Å²) in [6.45, 7) is 4.42. The van der Waals surface area contributed by atoms with E-state index in [-0.39, 0.29) is 40.3 Å². The third-order valence-electron chi connectivity index (χ3n) is 8.89. The van der Waals surface area contributed by atoms with Crippen LogP contribution in [-0.4, -0.2) is 76.3 Å². The summed E-state index contributed by atoms with van der Waals surface area (Å²) in [5.74, 6) is 0.246. The number of rotatable bonds is 6. The zero-order valence-electron chi connectivity index (χ0n) is 22.5. The Morgan fingerprint density at radius 3 is 2.80 bits per heavy atom. The minimum atomic E-state index is -0.607. The third kappa shape index (κ3) is 4.20. The second-order valence-electron chi connectivity index (χ2n) is 11.2. The largest absolute Gasteiger partial charge is 0.461 e. The summed E-state index contributed by atoms with van der Waals surface area (Å²) in [6, 6.07) is 7.54. The number of hydrogen-bond donors (Lipinski definition) is 2. The van der Waals surface area contributed by atoms with Gasteiger partial charge in [-0.1, -0.05) is 23.7 Å². The van der Waals surface area contributed by atoms with Gasteiger partial charge in [0.2, 0.25) is 0 Å². The quantitative estimate of drug-likeness (QED) is 0.353. The molecule has 3 aromatic heterocycles. The van der Waals surface area contributed by atoms with E-state index in [1.807, 2.05) is 19.2 Å². The highest BCUT2D eigenvalue weighted by Gasteiger charge is 2.45. The molecule has 1 aromatic carbocycles. The molecular weight excluding hydrogens is 531 g/mol. The van der Waals surface area contributed by atoms with Crippen LogP contribution in [0.3, 0.4) is 0 Å². The summed E-state index contributed by atoms with van der Waals surface area (Å²) < 4.78 is 22.8. The highest BCUT2D eigenvalue weighted by molar-refractivity contribution is 6.36. The van der Waals surface area contributed by atoms with Crippen molar-refractivity contribution >= 4 is 44.9 Å². The van der Waals surface area contributed by atoms with Gasteiger partial charge in [-0.15, -0.1) is 0 Å². The third-order valence-corrected chi connectivity index (χ3v) is 9.21. The fourth-order valence-electron chi connectivity index (χ4n) is 6.78. The lowest BCUT2D eigenvalue weighted by Crippen LogP contribution is -2.43. The molecular formula is C29H32ClFN8O. The van der Waals surface area contributed by atoms with Crippen LogP contribution in [0.2, 0.25) is 5.02 Å². The van der Waals surface area contributed by atoms with Crippen LogP contribution in [0, 0.1) is 5.82 Å². The van der Waals surface area contributed by atoms with E-state index in [4.69, 9.17) is 27.1 Å². The molecule has 6 heterocycles. The molecule has 9 nitrogen and oxygen atoms in total. The molecule has 7 rings (SSSR count). The van der Waals surface area contributed by atoms with E-state index in [9.17, 15) is 0 Å². The Morgan fingerprint density at radius 1 is 1.20 bits per heavy atom. The number of pyridine rings is 2. The number of likely N-dealkylation sites (N-methyl/N-ethyl adjacent to an activating group) is 1. The lowest BCUT2D eigenvalue weighted by molar-refractivity contribution is 0.108. The van der Waals surface area contributed by atoms with Gasteiger partial charge < -0.3 is 20.7 Å². The smallest absolute Gasteiger partial charge is 0.319 e. The van der Waals surface area contributed by atoms with Crippen molar-refractivity contribution < 1.29 is 9.13 Å². The van der Waals surface area contributed by atoms with Gasteiger partial charge in [0.1, 0.15) is 35.1 Å². The van der Waals surface area contributed by atoms with E-state index in [1.165, 1.54) is 0 Å². The number of anilines is 2. The first-order chi connectivity index (χ1) is 19.4. The van der Waals surface area contributed by atoms with E-state index < -0.39 is 5.82 Å². The summed E-state index contributed by atoms with van der Waals surface area (Å²) in [7, 11) is 1.98. The Hall–Kier alpha value is -3.34. The van der Waals surface area contributed by atoms with Gasteiger partial charge in [-0.25, -0.2) is 9.37 Å². The van der Waals surface area contributed by atoms with E-state index in [1.54, 1.807) is 18.3 Å². The molecule has 208 valence electrons. The van der Waals surface area contributed by atoms with Crippen molar-refractivity contribution in [3.8, 4) is 17.4 Å². The number of nitrogens with two attached hydrogens (primary N) is 1. The van der Waals surface area contributed by atoms with Gasteiger partial charge in [0.05, 0.1) is 15.9 Å². The molecule has 0 bridgehead atoms. The summed E-state index contributed by atoms with van der Waals surface area (Å²) in [4.78, 5) is 23.0. The first-order valence-electron chi connectivity index (χ1n) is 14.0. The highest BCUT2D eigenvalue weighted by atomic mass is 35.5. The van der Waals surface area contributed by atoms with Crippen LogP contribution in [0.15, 0.2) is 30.5 Å². The monoisotopic (exact) mass is 562 g/mol. The van der Waals surface area contributed by atoms with Gasteiger partial charge in [0, 0.05) is 31.2 Å². The Bertz CT molecular complexity index is 1600. The molecule has 3 saturated heterocycles. The van der Waals surface area contributed by atoms with Crippen molar-refractivity contribution in [1.82, 2.24) is 30.2 Å². The van der Waals surface area contributed by atoms with Gasteiger partial charge in [-0.2, -0.15) is 9.97 Å². The van der Waals surface area contributed by atoms with E-state index >= 15 is 4.39 Å². The summed E-state index contributed by atoms with van der Waals surface area (Å²) in [5.41, 5.74) is 6.58. The number of hydrogen-bond acceptors (Lipinski definition) is 9. The minimum Gasteiger partial charge on any atom is -0.461 e. The van der Waals surface area contributed by atoms with Crippen LogP contribution in [-0.2, 0) is 0 Å². The number of halogens is 2. The molecule has 40 heavy (non-hydrogen) atoms. The molecule has 0 saturated carbocycles. The van der Waals surface area contributed by atoms with Crippen LogP contribution < -0.4 is 20.7 Å². The molecule has 11 heteroatoms. The van der Waals surface area contributed by atoms with E-state index in [2.05, 4.69) is 30.1 Å². The van der Waals surface area contributed by atoms with Crippen molar-refractivity contribution in [3.05, 3.63) is 41.3 Å². The van der Waals surface area contributed by atoms with E-state index in [0.717, 1.165) is 63.7 Å². The molecule has 1 atom stereocenters. The van der Waals surface area contributed by atoms with Crippen LogP contribution in [0.1, 0.15) is 32.1 Å². The first kappa shape index (κ1) is 25.6. The zero-order chi connectivity index (χ0) is 27.4. The molecule has 3 fully saturated rings. The average molecular weight is 563 g/mol. The highest BCUT2D eigenvalue weighted by Crippen LogP contribution is 2.40. The number of benzene rings is 1. The average Bonchev–Trinajstić information content (AvgIpc) is 3.69. The lowest BCUT2D eigenvalue weighted by Gasteiger charge is -2.31. The van der Waals surface area contributed by atoms with E-state index in [0.29, 0.717) is 28.2 Å². The Kier molecular flexibility index (Phi) is 6.36. The van der Waals surface area contributed by atoms with Gasteiger partial charge in [0.15, 0.2) is 5.82 Å². The molecule has 0 aliphatic carbocycles. The lowest BCUT2D eigenvalue weighted by atomic mass is 9.95. The topological polar surface area (TPSA) is 105 Å². The molecule has 4 aromatic rings. The second kappa shape index (κ2) is 9.94. The van der Waals surface area contributed by atoms with Crippen LogP contribution in [0.25, 0.3) is 33.1 Å². The fourth-order valence-corrected chi connectivity index (χ4v) is 7.05. The standard InChI is InChI=1S/C29H32ClFN8O/c1-38(18-7-10-33-14-18)27-19-15-34-26(25-22-17(13-21(32)35-25)5-2-6-20(22)30)23(31)24(19)36-28(37-27)40-16-29-8-3-11-39(29)12-4-9-29/h2,5-6,13,15,18,33H,3-4,7-12,14,16H2,1H3,(H2,32,35)/t18-/m1/s1. The van der Waals surface area contributed by atoms with Crippen LogP contribution >= 0.6 is 11.6 Å². The Labute approximate surface area is 236 Å². The molecule has 3 N–H and O–H groups in total. The normalized spacial score (nSPS) is 20.4. The molecule has 3 aliphatic rings. The predicted molar refractivity (Wildman–Crippen MR) is 155 cm³/mol. The van der Waals surface area contributed by atoms with Crippen LogP contribution in [0.4, 0.5) is 16.0 Å². The maximum atomic E-state index is 16.5. The van der Waals surface area contributed by atoms with Crippen molar-refractivity contribution in [2.24, 2.45) is 0 Å². The van der Waals surface area contributed by atoms with Gasteiger partial charge in [0.25, 0.3) is 0 Å². The van der Waals surface area contributed by atoms with Crippen LogP contribution in [0.5, 0.6) is 6.01 Å². The molecule has 0 radical (unpaired) electrons. The van der Waals surface area contributed by atoms with Crippen molar-refractivity contribution in [1.29, 1.82) is 0 Å². The van der Waals surface area contributed by atoms with Gasteiger partial charge >= 0.3 is 6.01 Å². The molecule has 3 aliphatic heterocycles. The van der Waals surface area contributed by atoms with Crippen molar-refractivity contribution in [2.45, 2.75) is 43.7 Å². The van der Waals surface area contributed by atoms with Gasteiger partial charge in [-0.3, -0.25) is 9.88 Å². The molecule has 0 amide bonds. The molecule has 0 unspecified atom stereocenters. The number of fused-ring (bicyclic) bond motifs is 3. The SMILES string of the molecule is CN(c1nc(OCC23CCCN2CCC3)nc2c(F)c(-c3nc(N)cc4cccc(Cl)c34)ncc12)[C@@H]1CCNC1.